The summed E-state index contributed by atoms with van der Waals surface area (Å²) in [7, 11) is 0. The smallest absolute Gasteiger partial charge is 0.115 e. The molecule has 4 heteroatoms. The summed E-state index contributed by atoms with van der Waals surface area (Å²) in [6, 6.07) is 8.71. The van der Waals surface area contributed by atoms with Crippen LogP contribution in [0.4, 0.5) is 0 Å². The van der Waals surface area contributed by atoms with Crippen molar-refractivity contribution in [2.45, 2.75) is 0 Å². The molecule has 0 saturated carbocycles. The minimum atomic E-state index is 0.322. The maximum atomic E-state index is 8.63. The fraction of sp³-hybridized carbons (Fsp3) is 0.400. The Kier molecular flexibility index (Phi) is 9.20. The molecule has 0 saturated heterocycles. The summed E-state index contributed by atoms with van der Waals surface area (Å²) in [6.45, 7) is 3.13. The van der Waals surface area contributed by atoms with Gasteiger partial charge in [-0.15, -0.1) is 0 Å². The number of para-hydroxylation sites is 1. The highest BCUT2D eigenvalue weighted by Gasteiger charge is 1.76. The second kappa shape index (κ2) is 9.98. The normalized spacial score (nSPS) is 9.00. The zero-order chi connectivity index (χ0) is 10.6. The van der Waals surface area contributed by atoms with Crippen LogP contribution in [-0.2, 0) is 0 Å². The zero-order valence-electron chi connectivity index (χ0n) is 8.32. The number of hydrogen-bond acceptors (Lipinski definition) is 4. The zero-order valence-corrected chi connectivity index (χ0v) is 8.32. The molecular weight excluding hydrogens is 178 g/mol. The van der Waals surface area contributed by atoms with Crippen molar-refractivity contribution in [3.63, 3.8) is 0 Å². The van der Waals surface area contributed by atoms with Crippen LogP contribution in [0.25, 0.3) is 0 Å². The van der Waals surface area contributed by atoms with E-state index in [1.807, 2.05) is 6.07 Å². The Morgan fingerprint density at radius 3 is 1.79 bits per heavy atom. The summed E-state index contributed by atoms with van der Waals surface area (Å²) in [5, 5.41) is 11.7. The lowest BCUT2D eigenvalue weighted by atomic mass is 10.3. The van der Waals surface area contributed by atoms with Gasteiger partial charge in [0.25, 0.3) is 0 Å². The molecule has 0 aliphatic heterocycles. The third-order valence-corrected chi connectivity index (χ3v) is 1.40. The molecule has 1 aromatic rings. The van der Waals surface area contributed by atoms with Gasteiger partial charge in [0.2, 0.25) is 0 Å². The van der Waals surface area contributed by atoms with Gasteiger partial charge in [0.1, 0.15) is 5.75 Å². The number of aromatic hydroxyl groups is 1. The fourth-order valence-corrected chi connectivity index (χ4v) is 0.757. The third-order valence-electron chi connectivity index (χ3n) is 1.40. The summed E-state index contributed by atoms with van der Waals surface area (Å²) >= 11 is 0. The molecule has 0 aliphatic rings. The largest absolute Gasteiger partial charge is 0.508 e. The van der Waals surface area contributed by atoms with Gasteiger partial charge in [0, 0.05) is 26.2 Å². The molecule has 0 bridgehead atoms. The van der Waals surface area contributed by atoms with E-state index >= 15 is 0 Å². The number of nitrogens with two attached hydrogens (primary N) is 2. The lowest BCUT2D eigenvalue weighted by molar-refractivity contribution is 0.475. The summed E-state index contributed by atoms with van der Waals surface area (Å²) in [5.41, 5.74) is 10.3. The average Bonchev–Trinajstić information content (AvgIpc) is 2.21. The van der Waals surface area contributed by atoms with Crippen LogP contribution in [0.5, 0.6) is 5.75 Å². The predicted octanol–water partition coefficient (Wildman–Crippen LogP) is -0.114. The predicted molar refractivity (Wildman–Crippen MR) is 59.1 cm³/mol. The van der Waals surface area contributed by atoms with Crippen molar-refractivity contribution in [2.24, 2.45) is 11.5 Å². The molecule has 0 atom stereocenters. The fourth-order valence-electron chi connectivity index (χ4n) is 0.757. The topological polar surface area (TPSA) is 84.3 Å². The first-order valence-corrected chi connectivity index (χ1v) is 4.66. The lowest BCUT2D eigenvalue weighted by Crippen LogP contribution is -2.27. The van der Waals surface area contributed by atoms with E-state index in [9.17, 15) is 0 Å². The van der Waals surface area contributed by atoms with Crippen molar-refractivity contribution < 1.29 is 5.11 Å². The maximum absolute atomic E-state index is 8.63. The molecule has 0 spiro atoms. The molecule has 1 rings (SSSR count). The number of benzene rings is 1. The molecule has 4 nitrogen and oxygen atoms in total. The van der Waals surface area contributed by atoms with Crippen molar-refractivity contribution >= 4 is 0 Å². The third kappa shape index (κ3) is 8.99. The molecule has 0 aliphatic carbocycles. The van der Waals surface area contributed by atoms with E-state index < -0.39 is 0 Å². The summed E-state index contributed by atoms with van der Waals surface area (Å²) in [6.07, 6.45) is 0. The number of rotatable bonds is 4. The van der Waals surface area contributed by atoms with Gasteiger partial charge in [-0.2, -0.15) is 0 Å². The van der Waals surface area contributed by atoms with Gasteiger partial charge in [-0.25, -0.2) is 0 Å². The van der Waals surface area contributed by atoms with Crippen molar-refractivity contribution in [1.82, 2.24) is 5.32 Å². The van der Waals surface area contributed by atoms with Gasteiger partial charge >= 0.3 is 0 Å². The van der Waals surface area contributed by atoms with Gasteiger partial charge in [-0.05, 0) is 12.1 Å². The first-order chi connectivity index (χ1) is 6.81. The minimum Gasteiger partial charge on any atom is -0.508 e. The number of hydrogen-bond donors (Lipinski definition) is 4. The van der Waals surface area contributed by atoms with Crippen LogP contribution >= 0.6 is 0 Å². The number of nitrogens with one attached hydrogen (secondary N) is 1. The van der Waals surface area contributed by atoms with Crippen molar-refractivity contribution in [1.29, 1.82) is 0 Å². The highest BCUT2D eigenvalue weighted by molar-refractivity contribution is 5.18. The molecule has 0 fully saturated rings. The van der Waals surface area contributed by atoms with E-state index in [0.717, 1.165) is 13.1 Å². The Bertz CT molecular complexity index is 200. The molecule has 0 radical (unpaired) electrons. The number of phenols is 1. The standard InChI is InChI=1S/C6H6O.C4H13N3/c7-6-4-2-1-3-5-6;5-1-3-7-4-2-6/h1-5,7H;7H,1-6H2. The van der Waals surface area contributed by atoms with E-state index in [2.05, 4.69) is 5.32 Å². The molecule has 0 aromatic heterocycles. The molecule has 6 N–H and O–H groups in total. The summed E-state index contributed by atoms with van der Waals surface area (Å²) < 4.78 is 0. The molecule has 80 valence electrons. The molecule has 0 unspecified atom stereocenters. The van der Waals surface area contributed by atoms with Crippen LogP contribution < -0.4 is 16.8 Å². The number of phenolic OH excluding ortho intramolecular Hbond substituents is 1. The Hall–Kier alpha value is -1.10. The van der Waals surface area contributed by atoms with Crippen molar-refractivity contribution in [2.75, 3.05) is 26.2 Å². The summed E-state index contributed by atoms with van der Waals surface area (Å²) in [5.74, 6) is 0.322. The molecule has 0 heterocycles. The van der Waals surface area contributed by atoms with E-state index in [1.165, 1.54) is 0 Å². The van der Waals surface area contributed by atoms with Crippen LogP contribution in [-0.4, -0.2) is 31.3 Å². The molecular formula is C10H19N3O. The monoisotopic (exact) mass is 197 g/mol. The Labute approximate surface area is 84.9 Å². The molecule has 1 aromatic carbocycles. The first-order valence-electron chi connectivity index (χ1n) is 4.66. The van der Waals surface area contributed by atoms with Gasteiger partial charge in [-0.3, -0.25) is 0 Å². The first kappa shape index (κ1) is 12.9. The van der Waals surface area contributed by atoms with Crippen LogP contribution in [0.2, 0.25) is 0 Å². The van der Waals surface area contributed by atoms with Gasteiger partial charge in [0.05, 0.1) is 0 Å². The van der Waals surface area contributed by atoms with Gasteiger partial charge in [0.15, 0.2) is 0 Å². The van der Waals surface area contributed by atoms with Crippen molar-refractivity contribution in [3.8, 4) is 5.75 Å². The average molecular weight is 197 g/mol. The minimum absolute atomic E-state index is 0.322. The van der Waals surface area contributed by atoms with E-state index in [4.69, 9.17) is 16.6 Å². The Morgan fingerprint density at radius 2 is 1.50 bits per heavy atom. The second-order valence-corrected chi connectivity index (χ2v) is 2.66. The quantitative estimate of drug-likeness (QED) is 0.507. The Balaban J connectivity index is 0.000000241. The lowest BCUT2D eigenvalue weighted by Gasteiger charge is -1.95. The highest BCUT2D eigenvalue weighted by Crippen LogP contribution is 2.02. The molecule has 0 amide bonds. The van der Waals surface area contributed by atoms with Crippen LogP contribution in [0.1, 0.15) is 0 Å². The summed E-state index contributed by atoms with van der Waals surface area (Å²) in [4.78, 5) is 0. The van der Waals surface area contributed by atoms with Crippen LogP contribution in [0, 0.1) is 0 Å². The van der Waals surface area contributed by atoms with Gasteiger partial charge < -0.3 is 21.9 Å². The SMILES string of the molecule is NCCNCCN.Oc1ccccc1. The second-order valence-electron chi connectivity index (χ2n) is 2.66. The van der Waals surface area contributed by atoms with Crippen LogP contribution in [0.15, 0.2) is 30.3 Å². The Morgan fingerprint density at radius 1 is 1.00 bits per heavy atom. The van der Waals surface area contributed by atoms with E-state index in [0.29, 0.717) is 18.8 Å². The van der Waals surface area contributed by atoms with E-state index in [-0.39, 0.29) is 0 Å². The highest BCUT2D eigenvalue weighted by atomic mass is 16.3. The maximum Gasteiger partial charge on any atom is 0.115 e. The molecule has 14 heavy (non-hydrogen) atoms. The van der Waals surface area contributed by atoms with E-state index in [1.54, 1.807) is 24.3 Å². The van der Waals surface area contributed by atoms with Crippen molar-refractivity contribution in [3.05, 3.63) is 30.3 Å². The van der Waals surface area contributed by atoms with Crippen LogP contribution in [0.3, 0.4) is 0 Å². The van der Waals surface area contributed by atoms with Gasteiger partial charge in [-0.1, -0.05) is 18.2 Å².